The van der Waals surface area contributed by atoms with E-state index >= 15 is 0 Å². The Morgan fingerprint density at radius 3 is 2.50 bits per heavy atom. The molecule has 14 nitrogen and oxygen atoms in total. The highest BCUT2D eigenvalue weighted by Gasteiger charge is 2.57. The molecule has 0 saturated heterocycles. The van der Waals surface area contributed by atoms with Crippen molar-refractivity contribution in [2.75, 3.05) is 11.9 Å². The summed E-state index contributed by atoms with van der Waals surface area (Å²) in [6.07, 6.45) is 4.87. The lowest BCUT2D eigenvalue weighted by Gasteiger charge is -2.61. The van der Waals surface area contributed by atoms with E-state index < -0.39 is 41.0 Å². The van der Waals surface area contributed by atoms with Crippen molar-refractivity contribution in [1.29, 1.82) is 0 Å². The van der Waals surface area contributed by atoms with Gasteiger partial charge in [0.05, 0.1) is 5.56 Å². The normalized spacial score (nSPS) is 19.3. The Balaban J connectivity index is 1.45. The number of carbonyl (C=O) groups excluding carboxylic acids is 6. The van der Waals surface area contributed by atoms with Gasteiger partial charge < -0.3 is 36.6 Å². The Hall–Kier alpha value is -4.75. The van der Waals surface area contributed by atoms with Crippen LogP contribution in [0.4, 0.5) is 5.69 Å². The van der Waals surface area contributed by atoms with Crippen LogP contribution in [-0.2, 0) is 25.7 Å². The van der Waals surface area contributed by atoms with E-state index in [0.717, 1.165) is 23.8 Å². The molecule has 3 saturated carbocycles. The average molecular weight is 554 g/mol. The van der Waals surface area contributed by atoms with Gasteiger partial charge in [-0.2, -0.15) is 0 Å². The Morgan fingerprint density at radius 2 is 1.90 bits per heavy atom. The molecule has 2 aromatic rings. The molecular formula is C26H31N7O7. The molecule has 14 heteroatoms. The number of hydrogen-bond acceptors (Lipinski definition) is 7. The van der Waals surface area contributed by atoms with Crippen molar-refractivity contribution >= 4 is 41.0 Å². The number of nitrogens with one attached hydrogen (secondary N) is 5. The highest BCUT2D eigenvalue weighted by Crippen LogP contribution is 2.56. The Bertz CT molecular complexity index is 1410. The number of ketones is 1. The number of H-pyrrole nitrogens is 1. The molecule has 1 atom stereocenters. The SMILES string of the molecule is CCNC(=O)C(=O)CC[C@H](NC(=O)c1c[nH]c(C(N)=O)c1)C(=O)Nc1cccn(CC(=O)NC23CC(C2)C3)c1=O. The number of aromatic nitrogens is 2. The summed E-state index contributed by atoms with van der Waals surface area (Å²) in [7, 11) is 0. The van der Waals surface area contributed by atoms with Crippen molar-refractivity contribution in [2.45, 2.75) is 57.2 Å². The lowest BCUT2D eigenvalue weighted by molar-refractivity contribution is -0.138. The molecule has 5 amide bonds. The first-order valence-electron chi connectivity index (χ1n) is 12.9. The van der Waals surface area contributed by atoms with Gasteiger partial charge in [0.25, 0.3) is 23.3 Å². The molecule has 40 heavy (non-hydrogen) atoms. The fourth-order valence-corrected chi connectivity index (χ4v) is 4.92. The quantitative estimate of drug-likeness (QED) is 0.173. The first kappa shape index (κ1) is 28.3. The first-order chi connectivity index (χ1) is 19.0. The van der Waals surface area contributed by atoms with Gasteiger partial charge in [0.15, 0.2) is 0 Å². The maximum absolute atomic E-state index is 13.2. The van der Waals surface area contributed by atoms with Gasteiger partial charge in [0, 0.05) is 30.9 Å². The van der Waals surface area contributed by atoms with Crippen LogP contribution in [-0.4, -0.2) is 63.0 Å². The largest absolute Gasteiger partial charge is 0.364 e. The van der Waals surface area contributed by atoms with E-state index in [0.29, 0.717) is 5.92 Å². The standard InChI is InChI=1S/C26H31N7O7/c1-2-28-24(39)19(34)6-5-16(30-22(37)15-8-18(21(27)36)29-12-15)23(38)31-17-4-3-7-33(25(17)40)13-20(35)32-26-9-14(10-26)11-26/h3-4,7-8,12,14,16,29H,2,5-6,9-11,13H2,1H3,(H2,27,36)(H,28,39)(H,30,37)(H,31,38)(H,32,35)/t14?,16-,26?/m0/s1. The second-order valence-electron chi connectivity index (χ2n) is 10.2. The monoisotopic (exact) mass is 553 g/mol. The van der Waals surface area contributed by atoms with Gasteiger partial charge in [0.2, 0.25) is 17.6 Å². The fraction of sp³-hybridized carbons (Fsp3) is 0.423. The van der Waals surface area contributed by atoms with Gasteiger partial charge in [-0.05, 0) is 56.7 Å². The van der Waals surface area contributed by atoms with Crippen molar-refractivity contribution in [3.63, 3.8) is 0 Å². The minimum absolute atomic E-state index is 0.00144. The number of amides is 5. The summed E-state index contributed by atoms with van der Waals surface area (Å²) in [6, 6.07) is 2.70. The summed E-state index contributed by atoms with van der Waals surface area (Å²) >= 11 is 0. The maximum atomic E-state index is 13.2. The van der Waals surface area contributed by atoms with E-state index in [2.05, 4.69) is 26.3 Å². The van der Waals surface area contributed by atoms with E-state index in [-0.39, 0.29) is 54.3 Å². The number of anilines is 1. The zero-order chi connectivity index (χ0) is 29.0. The molecule has 7 N–H and O–H groups in total. The van der Waals surface area contributed by atoms with Crippen LogP contribution in [0.2, 0.25) is 0 Å². The molecule has 3 aliphatic carbocycles. The third kappa shape index (κ3) is 6.27. The van der Waals surface area contributed by atoms with Crippen LogP contribution in [0, 0.1) is 5.92 Å². The Morgan fingerprint density at radius 1 is 1.18 bits per heavy atom. The third-order valence-electron chi connectivity index (χ3n) is 7.12. The smallest absolute Gasteiger partial charge is 0.287 e. The minimum atomic E-state index is -1.33. The van der Waals surface area contributed by atoms with Crippen LogP contribution in [0.1, 0.15) is 59.9 Å². The van der Waals surface area contributed by atoms with E-state index in [1.54, 1.807) is 6.92 Å². The van der Waals surface area contributed by atoms with Gasteiger partial charge in [-0.15, -0.1) is 0 Å². The Kier molecular flexibility index (Phi) is 8.16. The number of aromatic amines is 1. The van der Waals surface area contributed by atoms with Crippen LogP contribution >= 0.6 is 0 Å². The molecule has 0 aromatic carbocycles. The highest BCUT2D eigenvalue weighted by atomic mass is 16.2. The van der Waals surface area contributed by atoms with Crippen molar-refractivity contribution in [3.8, 4) is 0 Å². The number of hydrogen-bond donors (Lipinski definition) is 6. The van der Waals surface area contributed by atoms with E-state index in [1.807, 2.05) is 0 Å². The average Bonchev–Trinajstić information content (AvgIpc) is 3.36. The molecule has 3 fully saturated rings. The lowest BCUT2D eigenvalue weighted by Crippen LogP contribution is -2.68. The molecule has 3 aliphatic rings. The predicted octanol–water partition coefficient (Wildman–Crippen LogP) is -0.833. The summed E-state index contributed by atoms with van der Waals surface area (Å²) in [6.45, 7) is 1.65. The number of nitrogens with two attached hydrogens (primary N) is 1. The topological polar surface area (TPSA) is 214 Å². The molecule has 2 heterocycles. The van der Waals surface area contributed by atoms with Gasteiger partial charge >= 0.3 is 0 Å². The molecule has 0 spiro atoms. The zero-order valence-electron chi connectivity index (χ0n) is 21.9. The zero-order valence-corrected chi connectivity index (χ0v) is 21.9. The van der Waals surface area contributed by atoms with Crippen molar-refractivity contribution < 1.29 is 28.8 Å². The summed E-state index contributed by atoms with van der Waals surface area (Å²) in [5.74, 6) is -3.62. The number of pyridine rings is 1. The third-order valence-corrected chi connectivity index (χ3v) is 7.12. The lowest BCUT2D eigenvalue weighted by atomic mass is 9.50. The maximum Gasteiger partial charge on any atom is 0.287 e. The fourth-order valence-electron chi connectivity index (χ4n) is 4.92. The van der Waals surface area contributed by atoms with Crippen molar-refractivity contribution in [2.24, 2.45) is 11.7 Å². The summed E-state index contributed by atoms with van der Waals surface area (Å²) in [4.78, 5) is 89.3. The molecule has 212 valence electrons. The number of rotatable bonds is 13. The molecule has 5 rings (SSSR count). The van der Waals surface area contributed by atoms with E-state index in [9.17, 15) is 33.6 Å². The van der Waals surface area contributed by atoms with Crippen LogP contribution < -0.4 is 32.6 Å². The number of nitrogens with zero attached hydrogens (tertiary/aromatic N) is 1. The predicted molar refractivity (Wildman–Crippen MR) is 141 cm³/mol. The Labute approximate surface area is 228 Å². The minimum Gasteiger partial charge on any atom is -0.364 e. The van der Waals surface area contributed by atoms with Gasteiger partial charge in [-0.25, -0.2) is 0 Å². The van der Waals surface area contributed by atoms with Crippen LogP contribution in [0.3, 0.4) is 0 Å². The summed E-state index contributed by atoms with van der Waals surface area (Å²) in [5, 5.41) is 10.3. The number of Topliss-reactive ketones (excluding diaryl/α,β-unsaturated/α-hetero) is 1. The van der Waals surface area contributed by atoms with E-state index in [4.69, 9.17) is 5.73 Å². The first-order valence-corrected chi connectivity index (χ1v) is 12.9. The van der Waals surface area contributed by atoms with Crippen molar-refractivity contribution in [1.82, 2.24) is 25.5 Å². The number of carbonyl (C=O) groups is 6. The van der Waals surface area contributed by atoms with E-state index in [1.165, 1.54) is 30.6 Å². The van der Waals surface area contributed by atoms with Gasteiger partial charge in [0.1, 0.15) is 24.0 Å². The van der Waals surface area contributed by atoms with Crippen LogP contribution in [0.15, 0.2) is 35.4 Å². The molecule has 0 aliphatic heterocycles. The van der Waals surface area contributed by atoms with Gasteiger partial charge in [-0.1, -0.05) is 0 Å². The second kappa shape index (κ2) is 11.6. The number of likely N-dealkylation sites (N-methyl/N-ethyl adjacent to an activating group) is 1. The van der Waals surface area contributed by atoms with Gasteiger partial charge in [-0.3, -0.25) is 33.6 Å². The molecule has 0 unspecified atom stereocenters. The summed E-state index contributed by atoms with van der Waals surface area (Å²) < 4.78 is 1.16. The van der Waals surface area contributed by atoms with Crippen LogP contribution in [0.5, 0.6) is 0 Å². The van der Waals surface area contributed by atoms with Crippen LogP contribution in [0.25, 0.3) is 0 Å². The number of primary amides is 1. The molecule has 2 aromatic heterocycles. The second-order valence-corrected chi connectivity index (χ2v) is 10.2. The summed E-state index contributed by atoms with van der Waals surface area (Å²) in [5.41, 5.74) is 4.24. The van der Waals surface area contributed by atoms with Crippen molar-refractivity contribution in [3.05, 3.63) is 52.2 Å². The highest BCUT2D eigenvalue weighted by molar-refractivity contribution is 6.36. The molecule has 0 radical (unpaired) electrons. The molecular weight excluding hydrogens is 522 g/mol. The molecule has 2 bridgehead atoms.